The summed E-state index contributed by atoms with van der Waals surface area (Å²) in [5.74, 6) is 2.09. The van der Waals surface area contributed by atoms with Crippen LogP contribution in [0.1, 0.15) is 19.4 Å². The van der Waals surface area contributed by atoms with Crippen molar-refractivity contribution in [3.63, 3.8) is 0 Å². The van der Waals surface area contributed by atoms with E-state index < -0.39 is 0 Å². The molecule has 0 radical (unpaired) electrons. The number of pyridine rings is 1. The van der Waals surface area contributed by atoms with Gasteiger partial charge in [0, 0.05) is 30.6 Å². The van der Waals surface area contributed by atoms with Gasteiger partial charge in [-0.05, 0) is 37.6 Å². The number of hydrogen-bond acceptors (Lipinski definition) is 6. The number of ether oxygens (including phenoxy) is 1. The Morgan fingerprint density at radius 2 is 1.83 bits per heavy atom. The van der Waals surface area contributed by atoms with Crippen LogP contribution < -0.4 is 15.4 Å². The highest BCUT2D eigenvalue weighted by Gasteiger charge is 2.06. The van der Waals surface area contributed by atoms with Crippen molar-refractivity contribution in [3.8, 4) is 11.4 Å². The Bertz CT molecular complexity index is 1090. The van der Waals surface area contributed by atoms with Crippen LogP contribution >= 0.6 is 0 Å². The lowest BCUT2D eigenvalue weighted by atomic mass is 10.2. The third-order valence-corrected chi connectivity index (χ3v) is 4.28. The van der Waals surface area contributed by atoms with E-state index in [2.05, 4.69) is 37.8 Å². The fourth-order valence-corrected chi connectivity index (χ4v) is 2.94. The molecule has 0 atom stereocenters. The van der Waals surface area contributed by atoms with Crippen molar-refractivity contribution in [2.75, 3.05) is 10.6 Å². The van der Waals surface area contributed by atoms with Crippen LogP contribution in [-0.2, 0) is 6.54 Å². The van der Waals surface area contributed by atoms with E-state index in [1.165, 1.54) is 5.56 Å². The normalized spacial score (nSPS) is 10.8. The third-order valence-electron chi connectivity index (χ3n) is 4.28. The molecule has 2 aromatic heterocycles. The maximum Gasteiger partial charge on any atom is 0.246 e. The number of nitrogens with zero attached hydrogens (tertiary/aromatic N) is 4. The molecule has 152 valence electrons. The lowest BCUT2D eigenvalue weighted by molar-refractivity contribution is 0.242. The van der Waals surface area contributed by atoms with Crippen LogP contribution in [-0.4, -0.2) is 25.9 Å². The first-order valence-corrected chi connectivity index (χ1v) is 9.85. The molecule has 2 aromatic carbocycles. The smallest absolute Gasteiger partial charge is 0.246 e. The van der Waals surface area contributed by atoms with Crippen molar-refractivity contribution in [2.24, 2.45) is 0 Å². The molecule has 0 amide bonds. The highest BCUT2D eigenvalue weighted by molar-refractivity contribution is 5.56. The first-order valence-electron chi connectivity index (χ1n) is 9.85. The highest BCUT2D eigenvalue weighted by atomic mass is 16.5. The molecule has 7 heteroatoms. The van der Waals surface area contributed by atoms with Gasteiger partial charge in [-0.25, -0.2) is 9.67 Å². The van der Waals surface area contributed by atoms with Gasteiger partial charge in [0.05, 0.1) is 11.8 Å². The predicted octanol–water partition coefficient (Wildman–Crippen LogP) is 4.81. The average molecular weight is 400 g/mol. The monoisotopic (exact) mass is 400 g/mol. The number of hydrogen-bond donors (Lipinski definition) is 2. The van der Waals surface area contributed by atoms with E-state index in [4.69, 9.17) is 4.74 Å². The first kappa shape index (κ1) is 19.4. The summed E-state index contributed by atoms with van der Waals surface area (Å²) in [5, 5.41) is 11.1. The van der Waals surface area contributed by atoms with E-state index in [0.29, 0.717) is 12.5 Å². The zero-order valence-corrected chi connectivity index (χ0v) is 17.0. The Morgan fingerprint density at radius 3 is 2.67 bits per heavy atom. The van der Waals surface area contributed by atoms with Gasteiger partial charge in [-0.2, -0.15) is 4.98 Å². The van der Waals surface area contributed by atoms with Gasteiger partial charge in [-0.15, -0.1) is 5.10 Å². The predicted molar refractivity (Wildman–Crippen MR) is 118 cm³/mol. The van der Waals surface area contributed by atoms with E-state index in [0.717, 1.165) is 22.9 Å². The molecule has 0 aliphatic carbocycles. The Hall–Kier alpha value is -3.87. The molecule has 2 heterocycles. The minimum absolute atomic E-state index is 0.119. The van der Waals surface area contributed by atoms with E-state index >= 15 is 0 Å². The van der Waals surface area contributed by atoms with Gasteiger partial charge in [0.15, 0.2) is 0 Å². The fraction of sp³-hybridized carbons (Fsp3) is 0.174. The molecule has 2 N–H and O–H groups in total. The summed E-state index contributed by atoms with van der Waals surface area (Å²) in [6, 6.07) is 21.8. The van der Waals surface area contributed by atoms with Gasteiger partial charge < -0.3 is 15.4 Å². The van der Waals surface area contributed by atoms with Crippen molar-refractivity contribution in [2.45, 2.75) is 26.5 Å². The Kier molecular flexibility index (Phi) is 5.89. The molecule has 0 spiro atoms. The number of nitrogens with one attached hydrogen (secondary N) is 2. The van der Waals surface area contributed by atoms with Crippen molar-refractivity contribution in [1.82, 2.24) is 19.7 Å². The van der Waals surface area contributed by atoms with Crippen molar-refractivity contribution in [1.29, 1.82) is 0 Å². The molecular formula is C23H24N6O. The Balaban J connectivity index is 1.44. The fourth-order valence-electron chi connectivity index (χ4n) is 2.94. The van der Waals surface area contributed by atoms with Gasteiger partial charge in [0.25, 0.3) is 0 Å². The number of benzene rings is 2. The largest absolute Gasteiger partial charge is 0.491 e. The summed E-state index contributed by atoms with van der Waals surface area (Å²) < 4.78 is 7.45. The molecule has 0 saturated carbocycles. The van der Waals surface area contributed by atoms with Gasteiger partial charge in [0.2, 0.25) is 5.95 Å². The quantitative estimate of drug-likeness (QED) is 0.442. The van der Waals surface area contributed by atoms with E-state index in [1.807, 2.05) is 68.4 Å². The highest BCUT2D eigenvalue weighted by Crippen LogP contribution is 2.21. The molecular weight excluding hydrogens is 376 g/mol. The van der Waals surface area contributed by atoms with Crippen LogP contribution in [0, 0.1) is 0 Å². The summed E-state index contributed by atoms with van der Waals surface area (Å²) in [4.78, 5) is 8.75. The maximum atomic E-state index is 5.74. The topological polar surface area (TPSA) is 76.9 Å². The molecule has 4 rings (SSSR count). The van der Waals surface area contributed by atoms with Crippen LogP contribution in [0.15, 0.2) is 79.3 Å². The van der Waals surface area contributed by atoms with E-state index in [-0.39, 0.29) is 6.10 Å². The summed E-state index contributed by atoms with van der Waals surface area (Å²) in [6.07, 6.45) is 3.55. The molecule has 0 bridgehead atoms. The summed E-state index contributed by atoms with van der Waals surface area (Å²) in [5.41, 5.74) is 2.93. The molecule has 0 fully saturated rings. The van der Waals surface area contributed by atoms with Crippen LogP contribution in [0.3, 0.4) is 0 Å². The molecule has 7 nitrogen and oxygen atoms in total. The first-order chi connectivity index (χ1) is 14.7. The minimum Gasteiger partial charge on any atom is -0.491 e. The molecule has 30 heavy (non-hydrogen) atoms. The lowest BCUT2D eigenvalue weighted by Crippen LogP contribution is -2.05. The van der Waals surface area contributed by atoms with Gasteiger partial charge in [-0.1, -0.05) is 36.4 Å². The molecule has 0 unspecified atom stereocenters. The van der Waals surface area contributed by atoms with Crippen molar-refractivity contribution < 1.29 is 4.74 Å². The number of rotatable bonds is 8. The molecule has 0 saturated heterocycles. The average Bonchev–Trinajstić information content (AvgIpc) is 3.21. The lowest BCUT2D eigenvalue weighted by Gasteiger charge is -2.10. The van der Waals surface area contributed by atoms with Crippen LogP contribution in [0.2, 0.25) is 0 Å². The van der Waals surface area contributed by atoms with E-state index in [1.54, 1.807) is 17.2 Å². The maximum absolute atomic E-state index is 5.74. The standard InChI is InChI=1S/C23H24N6O/c1-17(2)30-21-10-6-9-19(13-21)27-23-26-16-29(28-23)20-11-12-24-22(14-20)25-15-18-7-4-3-5-8-18/h3-14,16-17H,15H2,1-2H3,(H,24,25)(H,27,28). The molecule has 4 aromatic rings. The summed E-state index contributed by atoms with van der Waals surface area (Å²) >= 11 is 0. The van der Waals surface area contributed by atoms with Crippen LogP contribution in [0.5, 0.6) is 5.75 Å². The second-order valence-corrected chi connectivity index (χ2v) is 7.07. The van der Waals surface area contributed by atoms with Crippen LogP contribution in [0.25, 0.3) is 5.69 Å². The van der Waals surface area contributed by atoms with Crippen LogP contribution in [0.4, 0.5) is 17.5 Å². The molecule has 0 aliphatic heterocycles. The summed E-state index contributed by atoms with van der Waals surface area (Å²) in [7, 11) is 0. The second-order valence-electron chi connectivity index (χ2n) is 7.07. The van der Waals surface area contributed by atoms with Gasteiger partial charge in [0.1, 0.15) is 17.9 Å². The van der Waals surface area contributed by atoms with E-state index in [9.17, 15) is 0 Å². The SMILES string of the molecule is CC(C)Oc1cccc(Nc2ncn(-c3ccnc(NCc4ccccc4)c3)n2)c1. The minimum atomic E-state index is 0.119. The number of anilines is 3. The zero-order valence-electron chi connectivity index (χ0n) is 17.0. The van der Waals surface area contributed by atoms with Crippen molar-refractivity contribution >= 4 is 17.5 Å². The number of aromatic nitrogens is 4. The third kappa shape index (κ3) is 5.14. The van der Waals surface area contributed by atoms with Gasteiger partial charge >= 0.3 is 0 Å². The summed E-state index contributed by atoms with van der Waals surface area (Å²) in [6.45, 7) is 4.71. The Morgan fingerprint density at radius 1 is 0.967 bits per heavy atom. The second kappa shape index (κ2) is 9.09. The van der Waals surface area contributed by atoms with Gasteiger partial charge in [-0.3, -0.25) is 0 Å². The Labute approximate surface area is 175 Å². The van der Waals surface area contributed by atoms with Crippen molar-refractivity contribution in [3.05, 3.63) is 84.8 Å². The zero-order chi connectivity index (χ0) is 20.8. The molecule has 0 aliphatic rings.